The van der Waals surface area contributed by atoms with Crippen LogP contribution in [0.25, 0.3) is 0 Å². The fourth-order valence-corrected chi connectivity index (χ4v) is 3.45. The topological polar surface area (TPSA) is 64.2 Å². The van der Waals surface area contributed by atoms with Crippen LogP contribution in [0.15, 0.2) is 36.7 Å². The Kier molecular flexibility index (Phi) is 5.25. The molecule has 1 aromatic carbocycles. The van der Waals surface area contributed by atoms with E-state index in [2.05, 4.69) is 27.6 Å². The summed E-state index contributed by atoms with van der Waals surface area (Å²) in [5.74, 6) is 1.85. The molecule has 2 heterocycles. The summed E-state index contributed by atoms with van der Waals surface area (Å²) >= 11 is 0. The van der Waals surface area contributed by atoms with Gasteiger partial charge in [-0.1, -0.05) is 19.1 Å². The minimum absolute atomic E-state index is 0.176. The van der Waals surface area contributed by atoms with Crippen LogP contribution in [0.3, 0.4) is 0 Å². The first-order valence-corrected chi connectivity index (χ1v) is 8.61. The van der Waals surface area contributed by atoms with E-state index in [4.69, 9.17) is 0 Å². The van der Waals surface area contributed by atoms with E-state index in [0.717, 1.165) is 56.8 Å². The third-order valence-electron chi connectivity index (χ3n) is 4.81. The fraction of sp³-hybridized carbons (Fsp3) is 0.500. The number of piperidine rings is 1. The van der Waals surface area contributed by atoms with Gasteiger partial charge in [0, 0.05) is 44.0 Å². The van der Waals surface area contributed by atoms with Crippen LogP contribution in [0.2, 0.25) is 0 Å². The first kappa shape index (κ1) is 16.6. The predicted molar refractivity (Wildman–Crippen MR) is 92.7 cm³/mol. The van der Waals surface area contributed by atoms with Gasteiger partial charge in [0.05, 0.1) is 4.92 Å². The molecule has 1 aromatic heterocycles. The van der Waals surface area contributed by atoms with Crippen molar-refractivity contribution in [2.45, 2.75) is 39.3 Å². The highest BCUT2D eigenvalue weighted by atomic mass is 16.6. The lowest BCUT2D eigenvalue weighted by molar-refractivity contribution is -0.384. The van der Waals surface area contributed by atoms with Crippen molar-refractivity contribution in [1.29, 1.82) is 0 Å². The average Bonchev–Trinajstić information content (AvgIpc) is 3.04. The molecule has 1 aliphatic rings. The second kappa shape index (κ2) is 7.57. The third kappa shape index (κ3) is 4.00. The van der Waals surface area contributed by atoms with E-state index < -0.39 is 0 Å². The highest BCUT2D eigenvalue weighted by Crippen LogP contribution is 2.22. The van der Waals surface area contributed by atoms with Gasteiger partial charge in [-0.15, -0.1) is 0 Å². The number of likely N-dealkylation sites (tertiary alicyclic amines) is 1. The van der Waals surface area contributed by atoms with E-state index in [0.29, 0.717) is 5.92 Å². The monoisotopic (exact) mass is 328 g/mol. The highest BCUT2D eigenvalue weighted by Gasteiger charge is 2.20. The van der Waals surface area contributed by atoms with Crippen molar-refractivity contribution in [3.63, 3.8) is 0 Å². The van der Waals surface area contributed by atoms with Crippen LogP contribution in [0.5, 0.6) is 0 Å². The number of nitro benzene ring substituents is 1. The Morgan fingerprint density at radius 3 is 2.83 bits per heavy atom. The number of hydrogen-bond donors (Lipinski definition) is 0. The third-order valence-corrected chi connectivity index (χ3v) is 4.81. The van der Waals surface area contributed by atoms with E-state index in [1.807, 2.05) is 12.3 Å². The van der Waals surface area contributed by atoms with Crippen LogP contribution in [0, 0.1) is 16.0 Å². The van der Waals surface area contributed by atoms with Crippen LogP contribution in [-0.4, -0.2) is 32.5 Å². The molecule has 0 radical (unpaired) electrons. The van der Waals surface area contributed by atoms with Crippen molar-refractivity contribution in [2.75, 3.05) is 13.1 Å². The predicted octanol–water partition coefficient (Wildman–Crippen LogP) is 3.27. The largest absolute Gasteiger partial charge is 0.335 e. The molecule has 0 aliphatic carbocycles. The molecule has 2 aromatic rings. The Morgan fingerprint density at radius 1 is 1.33 bits per heavy atom. The molecular formula is C18H24N4O2. The quantitative estimate of drug-likeness (QED) is 0.603. The van der Waals surface area contributed by atoms with Crippen LogP contribution in [0.1, 0.15) is 31.2 Å². The van der Waals surface area contributed by atoms with Crippen LogP contribution >= 0.6 is 0 Å². The highest BCUT2D eigenvalue weighted by molar-refractivity contribution is 5.34. The molecule has 1 fully saturated rings. The zero-order valence-corrected chi connectivity index (χ0v) is 14.1. The first-order valence-electron chi connectivity index (χ1n) is 8.61. The summed E-state index contributed by atoms with van der Waals surface area (Å²) in [6.07, 6.45) is 7.26. The molecule has 1 aliphatic heterocycles. The molecule has 0 unspecified atom stereocenters. The maximum atomic E-state index is 10.9. The van der Waals surface area contributed by atoms with Crippen molar-refractivity contribution in [3.05, 3.63) is 58.2 Å². The summed E-state index contributed by atoms with van der Waals surface area (Å²) in [5.41, 5.74) is 1.19. The minimum atomic E-state index is -0.327. The minimum Gasteiger partial charge on any atom is -0.335 e. The van der Waals surface area contributed by atoms with Gasteiger partial charge in [-0.25, -0.2) is 4.98 Å². The number of non-ortho nitro benzene ring substituents is 1. The Hall–Kier alpha value is -2.21. The number of imidazole rings is 1. The standard InChI is InChI=1S/C18H24N4O2/c1-2-18-19-8-11-21(18)14-15-6-9-20(10-7-15)13-16-4-3-5-17(12-16)22(23)24/h3-5,8,11-12,15H,2,6-7,9-10,13-14H2,1H3. The van der Waals surface area contributed by atoms with Gasteiger partial charge in [0.25, 0.3) is 5.69 Å². The van der Waals surface area contributed by atoms with Crippen LogP contribution in [0.4, 0.5) is 5.69 Å². The molecule has 1 saturated heterocycles. The normalized spacial score (nSPS) is 16.4. The molecule has 0 spiro atoms. The lowest BCUT2D eigenvalue weighted by Crippen LogP contribution is -2.34. The molecule has 0 bridgehead atoms. The fourth-order valence-electron chi connectivity index (χ4n) is 3.45. The summed E-state index contributed by atoms with van der Waals surface area (Å²) in [6.45, 7) is 6.07. The summed E-state index contributed by atoms with van der Waals surface area (Å²) in [6, 6.07) is 6.97. The van der Waals surface area contributed by atoms with Crippen LogP contribution < -0.4 is 0 Å². The van der Waals surface area contributed by atoms with E-state index >= 15 is 0 Å². The summed E-state index contributed by atoms with van der Waals surface area (Å²) in [4.78, 5) is 17.3. The molecular weight excluding hydrogens is 304 g/mol. The van der Waals surface area contributed by atoms with Gasteiger partial charge in [0.15, 0.2) is 0 Å². The van der Waals surface area contributed by atoms with Gasteiger partial charge in [0.1, 0.15) is 5.82 Å². The van der Waals surface area contributed by atoms with Gasteiger partial charge in [-0.2, -0.15) is 0 Å². The molecule has 3 rings (SSSR count). The van der Waals surface area contributed by atoms with Gasteiger partial charge in [-0.3, -0.25) is 15.0 Å². The number of benzene rings is 1. The van der Waals surface area contributed by atoms with Crippen molar-refractivity contribution in [1.82, 2.24) is 14.5 Å². The summed E-state index contributed by atoms with van der Waals surface area (Å²) < 4.78 is 2.28. The van der Waals surface area contributed by atoms with Crippen molar-refractivity contribution in [3.8, 4) is 0 Å². The van der Waals surface area contributed by atoms with Crippen molar-refractivity contribution < 1.29 is 4.92 Å². The number of nitro groups is 1. The number of rotatable bonds is 6. The van der Waals surface area contributed by atoms with Crippen LogP contribution in [-0.2, 0) is 19.5 Å². The molecule has 24 heavy (non-hydrogen) atoms. The maximum Gasteiger partial charge on any atom is 0.269 e. The summed E-state index contributed by atoms with van der Waals surface area (Å²) in [5, 5.41) is 10.9. The molecule has 0 saturated carbocycles. The van der Waals surface area contributed by atoms with Gasteiger partial charge in [0.2, 0.25) is 0 Å². The smallest absolute Gasteiger partial charge is 0.269 e. The Labute approximate surface area is 142 Å². The second-order valence-corrected chi connectivity index (χ2v) is 6.50. The van der Waals surface area contributed by atoms with Gasteiger partial charge >= 0.3 is 0 Å². The number of aryl methyl sites for hydroxylation is 1. The van der Waals surface area contributed by atoms with E-state index in [1.54, 1.807) is 18.2 Å². The second-order valence-electron chi connectivity index (χ2n) is 6.50. The lowest BCUT2D eigenvalue weighted by atomic mass is 9.96. The molecule has 6 nitrogen and oxygen atoms in total. The van der Waals surface area contributed by atoms with Crippen molar-refractivity contribution in [2.24, 2.45) is 5.92 Å². The zero-order valence-electron chi connectivity index (χ0n) is 14.1. The summed E-state index contributed by atoms with van der Waals surface area (Å²) in [7, 11) is 0. The van der Waals surface area contributed by atoms with E-state index in [9.17, 15) is 10.1 Å². The Balaban J connectivity index is 1.52. The van der Waals surface area contributed by atoms with E-state index in [-0.39, 0.29) is 10.6 Å². The maximum absolute atomic E-state index is 10.9. The van der Waals surface area contributed by atoms with Gasteiger partial charge < -0.3 is 4.57 Å². The number of hydrogen-bond acceptors (Lipinski definition) is 4. The Bertz CT molecular complexity index is 690. The first-order chi connectivity index (χ1) is 11.7. The Morgan fingerprint density at radius 2 is 2.12 bits per heavy atom. The molecule has 0 amide bonds. The molecule has 0 N–H and O–H groups in total. The number of aromatic nitrogens is 2. The average molecular weight is 328 g/mol. The van der Waals surface area contributed by atoms with E-state index in [1.165, 1.54) is 0 Å². The molecule has 0 atom stereocenters. The number of nitrogens with zero attached hydrogens (tertiary/aromatic N) is 4. The van der Waals surface area contributed by atoms with Gasteiger partial charge in [-0.05, 0) is 37.4 Å². The SMILES string of the molecule is CCc1nccn1CC1CCN(Cc2cccc([N+](=O)[O-])c2)CC1. The zero-order chi connectivity index (χ0) is 16.9. The molecule has 128 valence electrons. The van der Waals surface area contributed by atoms with Crippen molar-refractivity contribution >= 4 is 5.69 Å². The molecule has 6 heteroatoms. The lowest BCUT2D eigenvalue weighted by Gasteiger charge is -2.32.